The second-order valence-corrected chi connectivity index (χ2v) is 11.9. The number of aromatic nitrogens is 1. The minimum atomic E-state index is -0.755. The third-order valence-electron chi connectivity index (χ3n) is 6.11. The molecule has 1 amide bonds. The first-order valence-electron chi connectivity index (χ1n) is 12.1. The molecule has 1 heterocycles. The molecule has 14 heteroatoms. The molecule has 0 fully saturated rings. The van der Waals surface area contributed by atoms with Gasteiger partial charge in [-0.2, -0.15) is 5.10 Å². The Labute approximate surface area is 275 Å². The van der Waals surface area contributed by atoms with E-state index in [2.05, 4.69) is 47.4 Å². The van der Waals surface area contributed by atoms with Gasteiger partial charge in [-0.15, -0.1) is 0 Å². The van der Waals surface area contributed by atoms with Crippen LogP contribution < -0.4 is 10.2 Å². The molecular formula is C29H15Br2Cl3N4O5. The number of halogens is 5. The molecule has 5 aromatic rings. The molecule has 1 aromatic heterocycles. The van der Waals surface area contributed by atoms with E-state index in [1.807, 2.05) is 0 Å². The molecule has 0 aliphatic heterocycles. The molecule has 2 N–H and O–H groups in total. The number of rotatable bonds is 7. The normalized spacial score (nSPS) is 11.2. The summed E-state index contributed by atoms with van der Waals surface area (Å²) < 4.78 is 6.63. The van der Waals surface area contributed by atoms with Gasteiger partial charge in [0.15, 0.2) is 5.75 Å². The predicted octanol–water partition coefficient (Wildman–Crippen LogP) is 9.21. The maximum absolute atomic E-state index is 13.4. The first-order valence-corrected chi connectivity index (χ1v) is 14.8. The number of ether oxygens (including phenoxy) is 1. The highest BCUT2D eigenvalue weighted by molar-refractivity contribution is 9.11. The number of hydrogen-bond acceptors (Lipinski definition) is 6. The number of amides is 1. The van der Waals surface area contributed by atoms with Crippen LogP contribution in [0.3, 0.4) is 0 Å². The van der Waals surface area contributed by atoms with Gasteiger partial charge in [0.2, 0.25) is 0 Å². The van der Waals surface area contributed by atoms with E-state index in [9.17, 15) is 19.7 Å². The summed E-state index contributed by atoms with van der Waals surface area (Å²) in [5, 5.41) is 16.7. The van der Waals surface area contributed by atoms with E-state index >= 15 is 0 Å². The highest BCUT2D eigenvalue weighted by Gasteiger charge is 2.23. The van der Waals surface area contributed by atoms with E-state index in [0.717, 1.165) is 0 Å². The molecule has 0 spiro atoms. The highest BCUT2D eigenvalue weighted by Crippen LogP contribution is 2.40. The van der Waals surface area contributed by atoms with Gasteiger partial charge in [0.25, 0.3) is 11.6 Å². The van der Waals surface area contributed by atoms with Crippen LogP contribution in [0.1, 0.15) is 26.4 Å². The number of carbonyl (C=O) groups is 2. The van der Waals surface area contributed by atoms with Crippen LogP contribution in [0.5, 0.6) is 5.75 Å². The van der Waals surface area contributed by atoms with Crippen molar-refractivity contribution in [1.29, 1.82) is 0 Å². The fraction of sp³-hybridized carbons (Fsp3) is 0. The fourth-order valence-electron chi connectivity index (χ4n) is 4.21. The molecule has 43 heavy (non-hydrogen) atoms. The van der Waals surface area contributed by atoms with Gasteiger partial charge in [-0.3, -0.25) is 14.9 Å². The summed E-state index contributed by atoms with van der Waals surface area (Å²) in [6.45, 7) is 0. The highest BCUT2D eigenvalue weighted by atomic mass is 79.9. The Balaban J connectivity index is 1.45. The molecule has 0 unspecified atom stereocenters. The number of H-pyrrole nitrogens is 1. The fourth-order valence-corrected chi connectivity index (χ4v) is 6.32. The van der Waals surface area contributed by atoms with Crippen molar-refractivity contribution in [3.05, 3.63) is 124 Å². The van der Waals surface area contributed by atoms with Crippen LogP contribution in [0, 0.1) is 10.1 Å². The van der Waals surface area contributed by atoms with E-state index in [0.29, 0.717) is 51.6 Å². The Kier molecular flexibility index (Phi) is 9.19. The van der Waals surface area contributed by atoms with Crippen LogP contribution in [0.2, 0.25) is 15.1 Å². The number of non-ortho nitro benzene ring substituents is 1. The molecule has 0 saturated heterocycles. The van der Waals surface area contributed by atoms with E-state index in [4.69, 9.17) is 39.5 Å². The summed E-state index contributed by atoms with van der Waals surface area (Å²) in [6.07, 6.45) is 1.30. The molecule has 0 atom stereocenters. The molecule has 0 aliphatic carbocycles. The van der Waals surface area contributed by atoms with Crippen molar-refractivity contribution in [2.75, 3.05) is 0 Å². The van der Waals surface area contributed by atoms with Gasteiger partial charge in [-0.05, 0) is 58.4 Å². The second-order valence-electron chi connectivity index (χ2n) is 8.86. The Morgan fingerprint density at radius 2 is 1.70 bits per heavy atom. The van der Waals surface area contributed by atoms with Crippen LogP contribution in [-0.2, 0) is 0 Å². The zero-order chi connectivity index (χ0) is 30.8. The van der Waals surface area contributed by atoms with Gasteiger partial charge in [-0.25, -0.2) is 10.2 Å². The summed E-state index contributed by atoms with van der Waals surface area (Å²) in [6, 6.07) is 18.5. The number of hydrazone groups is 1. The van der Waals surface area contributed by atoms with E-state index < -0.39 is 16.8 Å². The predicted molar refractivity (Wildman–Crippen MR) is 174 cm³/mol. The third-order valence-corrected chi connectivity index (χ3v) is 8.00. The van der Waals surface area contributed by atoms with Crippen molar-refractivity contribution in [1.82, 2.24) is 10.4 Å². The number of carbonyl (C=O) groups excluding carboxylic acids is 2. The maximum atomic E-state index is 13.4. The summed E-state index contributed by atoms with van der Waals surface area (Å²) in [5.74, 6) is -1.25. The minimum absolute atomic E-state index is 0.0984. The van der Waals surface area contributed by atoms with Crippen LogP contribution >= 0.6 is 66.7 Å². The SMILES string of the molecule is O=C(Oc1c(Br)cc(Br)cc1C=NNC(=O)c1[nH]c2c(Cl)cc(Cl)cc2c1-c1ccccc1Cl)c1ccc([N+](=O)[O-])cc1. The average Bonchev–Trinajstić information content (AvgIpc) is 3.34. The molecule has 0 radical (unpaired) electrons. The van der Waals surface area contributed by atoms with Crippen molar-refractivity contribution >= 4 is 101 Å². The van der Waals surface area contributed by atoms with Crippen molar-refractivity contribution in [3.8, 4) is 16.9 Å². The summed E-state index contributed by atoms with van der Waals surface area (Å²) >= 11 is 26.0. The number of nitro groups is 1. The largest absolute Gasteiger partial charge is 0.421 e. The lowest BCUT2D eigenvalue weighted by atomic mass is 10.0. The Bertz CT molecular complexity index is 1960. The lowest BCUT2D eigenvalue weighted by Crippen LogP contribution is -2.19. The molecule has 5 rings (SSSR count). The van der Waals surface area contributed by atoms with Crippen molar-refractivity contribution in [2.24, 2.45) is 5.10 Å². The number of aromatic amines is 1. The maximum Gasteiger partial charge on any atom is 0.343 e. The molecule has 216 valence electrons. The van der Waals surface area contributed by atoms with E-state index in [-0.39, 0.29) is 22.7 Å². The summed E-state index contributed by atoms with van der Waals surface area (Å²) in [4.78, 5) is 39.7. The third kappa shape index (κ3) is 6.61. The van der Waals surface area contributed by atoms with Crippen LogP contribution in [0.4, 0.5) is 5.69 Å². The average molecular weight is 766 g/mol. The minimum Gasteiger partial charge on any atom is -0.421 e. The van der Waals surface area contributed by atoms with Gasteiger partial charge in [0, 0.05) is 48.7 Å². The number of nitrogens with zero attached hydrogens (tertiary/aromatic N) is 2. The molecular weight excluding hydrogens is 751 g/mol. The van der Waals surface area contributed by atoms with Gasteiger partial charge >= 0.3 is 5.97 Å². The number of benzene rings is 4. The van der Waals surface area contributed by atoms with Crippen LogP contribution in [0.25, 0.3) is 22.0 Å². The molecule has 4 aromatic carbocycles. The zero-order valence-electron chi connectivity index (χ0n) is 21.3. The van der Waals surface area contributed by atoms with Crippen molar-refractivity contribution in [3.63, 3.8) is 0 Å². The number of esters is 1. The van der Waals surface area contributed by atoms with E-state index in [1.54, 1.807) is 48.5 Å². The lowest BCUT2D eigenvalue weighted by Gasteiger charge is -2.11. The zero-order valence-corrected chi connectivity index (χ0v) is 26.8. The van der Waals surface area contributed by atoms with Crippen LogP contribution in [-0.4, -0.2) is 28.0 Å². The monoisotopic (exact) mass is 762 g/mol. The van der Waals surface area contributed by atoms with Crippen molar-refractivity contribution in [2.45, 2.75) is 0 Å². The van der Waals surface area contributed by atoms with Gasteiger partial charge in [-0.1, -0.05) is 68.9 Å². The standard InChI is InChI=1S/C29H15Br2Cl3N4O5/c30-16-9-15(27(21(31)10-16)43-29(40)14-5-7-18(8-6-14)38(41)42)13-35-37-28(39)26-24(19-3-1-2-4-22(19)33)20-11-17(32)12-23(34)25(20)36-26/h1-13,36H,(H,37,39). The number of fused-ring (bicyclic) bond motifs is 1. The van der Waals surface area contributed by atoms with Gasteiger partial charge in [0.05, 0.1) is 31.7 Å². The number of nitrogens with one attached hydrogen (secondary N) is 2. The molecule has 9 nitrogen and oxygen atoms in total. The van der Waals surface area contributed by atoms with E-state index in [1.165, 1.54) is 30.5 Å². The first-order chi connectivity index (χ1) is 20.5. The Morgan fingerprint density at radius 3 is 2.40 bits per heavy atom. The van der Waals surface area contributed by atoms with Gasteiger partial charge < -0.3 is 9.72 Å². The summed E-state index contributed by atoms with van der Waals surface area (Å²) in [7, 11) is 0. The lowest BCUT2D eigenvalue weighted by molar-refractivity contribution is -0.384. The summed E-state index contributed by atoms with van der Waals surface area (Å²) in [5.41, 5.74) is 4.45. The molecule has 0 saturated carbocycles. The number of nitro benzene ring substituents is 1. The first kappa shape index (κ1) is 30.7. The number of hydrogen-bond donors (Lipinski definition) is 2. The quantitative estimate of drug-likeness (QED) is 0.0562. The Hall–Kier alpha value is -3.74. The second kappa shape index (κ2) is 12.9. The van der Waals surface area contributed by atoms with Crippen molar-refractivity contribution < 1.29 is 19.2 Å². The van der Waals surface area contributed by atoms with Crippen LogP contribution in [0.15, 0.2) is 86.8 Å². The molecule has 0 bridgehead atoms. The van der Waals surface area contributed by atoms with Gasteiger partial charge in [0.1, 0.15) is 5.69 Å². The Morgan fingerprint density at radius 1 is 0.977 bits per heavy atom. The molecule has 0 aliphatic rings. The topological polar surface area (TPSA) is 127 Å². The smallest absolute Gasteiger partial charge is 0.343 e.